The molecule has 0 aliphatic heterocycles. The normalized spacial score (nSPS) is 23.7. The van der Waals surface area contributed by atoms with E-state index >= 15 is 0 Å². The Balaban J connectivity index is 3.49. The third-order valence-corrected chi connectivity index (χ3v) is 1.08. The Labute approximate surface area is 79.5 Å². The first-order valence-corrected chi connectivity index (χ1v) is 3.05. The minimum atomic E-state index is -3.01. The molecule has 0 spiro atoms. The summed E-state index contributed by atoms with van der Waals surface area (Å²) in [5.74, 6) is -0.637. The van der Waals surface area contributed by atoms with Gasteiger partial charge in [-0.2, -0.15) is 0 Å². The van der Waals surface area contributed by atoms with Gasteiger partial charge in [0.1, 0.15) is 5.82 Å². The minimum Gasteiger partial charge on any atom is -0.363 e. The van der Waals surface area contributed by atoms with Crippen LogP contribution in [0.5, 0.6) is 0 Å². The number of aromatic nitrogens is 2. The molecule has 0 N–H and O–H groups in total. The highest BCUT2D eigenvalue weighted by Gasteiger charge is 1.95. The lowest BCUT2D eigenvalue weighted by atomic mass is 10.5. The minimum absolute atomic E-state index is 0.0484. The molecule has 0 unspecified atom stereocenters. The third-order valence-electron chi connectivity index (χ3n) is 0.726. The second kappa shape index (κ2) is 2.96. The number of hydrogen-bond donors (Lipinski definition) is 0. The summed E-state index contributed by atoms with van der Waals surface area (Å²) in [5, 5.41) is 0. The first-order chi connectivity index (χ1) is 7.94. The summed E-state index contributed by atoms with van der Waals surface area (Å²) < 4.78 is 57.9. The van der Waals surface area contributed by atoms with Crippen molar-refractivity contribution < 1.29 is 11.0 Å². The van der Waals surface area contributed by atoms with Crippen LogP contribution in [0.4, 0.5) is 5.82 Å². The zero-order valence-corrected chi connectivity index (χ0v) is 6.31. The van der Waals surface area contributed by atoms with Gasteiger partial charge < -0.3 is 4.90 Å². The number of hydrogen-bond acceptors (Lipinski definition) is 3. The van der Waals surface area contributed by atoms with Gasteiger partial charge in [0.2, 0.25) is 0 Å². The van der Waals surface area contributed by atoms with E-state index in [0.29, 0.717) is 0 Å². The molecule has 4 heteroatoms. The molecule has 1 aromatic rings. The summed E-state index contributed by atoms with van der Waals surface area (Å²) >= 11 is 2.83. The summed E-state index contributed by atoms with van der Waals surface area (Å²) in [6, 6.07) is -0.662. The number of anilines is 1. The van der Waals surface area contributed by atoms with Crippen molar-refractivity contribution in [3.8, 4) is 0 Å². The molecular formula is C6H8BrN3. The van der Waals surface area contributed by atoms with Gasteiger partial charge in [0.15, 0.2) is 4.73 Å². The van der Waals surface area contributed by atoms with Crippen molar-refractivity contribution in [1.29, 1.82) is 0 Å². The van der Waals surface area contributed by atoms with Crippen LogP contribution in [0.3, 0.4) is 0 Å². The molecule has 0 bridgehead atoms. The lowest BCUT2D eigenvalue weighted by Crippen LogP contribution is -2.10. The average Bonchev–Trinajstić information content (AvgIpc) is 2.08. The van der Waals surface area contributed by atoms with E-state index in [0.717, 1.165) is 0 Å². The fourth-order valence-electron chi connectivity index (χ4n) is 0.370. The SMILES string of the molecule is [2H]c1nc(Br)nc(N(C([2H])([2H])[2H])C([2H])([2H])[2H])c1[2H]. The average molecular weight is 210 g/mol. The molecule has 1 heterocycles. The van der Waals surface area contributed by atoms with E-state index in [9.17, 15) is 0 Å². The predicted molar refractivity (Wildman–Crippen MR) is 44.1 cm³/mol. The molecule has 0 saturated carbocycles. The maximum atomic E-state index is 7.51. The van der Waals surface area contributed by atoms with Crippen LogP contribution in [0, 0.1) is 0 Å². The largest absolute Gasteiger partial charge is 0.363 e. The molecule has 3 nitrogen and oxygen atoms in total. The zero-order valence-electron chi connectivity index (χ0n) is 12.7. The van der Waals surface area contributed by atoms with Gasteiger partial charge in [0.25, 0.3) is 0 Å². The van der Waals surface area contributed by atoms with Gasteiger partial charge in [-0.15, -0.1) is 0 Å². The van der Waals surface area contributed by atoms with E-state index in [1.54, 1.807) is 0 Å². The van der Waals surface area contributed by atoms with Gasteiger partial charge in [0, 0.05) is 28.3 Å². The van der Waals surface area contributed by atoms with Gasteiger partial charge >= 0.3 is 0 Å². The van der Waals surface area contributed by atoms with Crippen molar-refractivity contribution >= 4 is 21.7 Å². The molecule has 0 radical (unpaired) electrons. The quantitative estimate of drug-likeness (QED) is 0.654. The van der Waals surface area contributed by atoms with Gasteiger partial charge in [0.05, 0.1) is 2.74 Å². The fraction of sp³-hybridized carbons (Fsp3) is 0.333. The van der Waals surface area contributed by atoms with Crippen LogP contribution in [-0.2, 0) is 0 Å². The highest BCUT2D eigenvalue weighted by atomic mass is 79.9. The van der Waals surface area contributed by atoms with Crippen molar-refractivity contribution in [2.75, 3.05) is 18.9 Å². The van der Waals surface area contributed by atoms with Crippen molar-refractivity contribution in [2.45, 2.75) is 0 Å². The van der Waals surface area contributed by atoms with Crippen molar-refractivity contribution in [3.63, 3.8) is 0 Å². The molecule has 10 heavy (non-hydrogen) atoms. The molecule has 0 amide bonds. The van der Waals surface area contributed by atoms with E-state index in [1.807, 2.05) is 0 Å². The van der Waals surface area contributed by atoms with Crippen molar-refractivity contribution in [2.24, 2.45) is 0 Å². The molecule has 0 aliphatic rings. The Hall–Kier alpha value is -0.640. The molecule has 0 fully saturated rings. The van der Waals surface area contributed by atoms with Crippen LogP contribution >= 0.6 is 15.9 Å². The van der Waals surface area contributed by atoms with E-state index < -0.39 is 32.0 Å². The Morgan fingerprint density at radius 1 is 1.80 bits per heavy atom. The van der Waals surface area contributed by atoms with E-state index in [4.69, 9.17) is 11.0 Å². The second-order valence-corrected chi connectivity index (χ2v) is 2.10. The molecule has 1 rings (SSSR count). The highest BCUT2D eigenvalue weighted by Crippen LogP contribution is 2.08. The molecule has 54 valence electrons. The number of rotatable bonds is 1. The zero-order chi connectivity index (χ0) is 14.3. The Morgan fingerprint density at radius 2 is 2.60 bits per heavy atom. The van der Waals surface area contributed by atoms with Crippen LogP contribution in [-0.4, -0.2) is 23.9 Å². The van der Waals surface area contributed by atoms with Crippen molar-refractivity contribution in [1.82, 2.24) is 9.97 Å². The standard InChI is InChI=1S/C6H8BrN3/c1-10(2)5-3-4-8-6(7)9-5/h3-4H,1-2H3/i1D3,2D3,3D,4D. The van der Waals surface area contributed by atoms with Crippen LogP contribution in [0.25, 0.3) is 0 Å². The second-order valence-electron chi connectivity index (χ2n) is 1.39. The van der Waals surface area contributed by atoms with Crippen LogP contribution in [0.15, 0.2) is 16.9 Å². The first kappa shape index (κ1) is 2.17. The van der Waals surface area contributed by atoms with E-state index in [-0.39, 0.29) is 9.63 Å². The summed E-state index contributed by atoms with van der Waals surface area (Å²) in [6.07, 6.45) is -0.564. The maximum absolute atomic E-state index is 7.51. The lowest BCUT2D eigenvalue weighted by Gasteiger charge is -2.09. The Morgan fingerprint density at radius 3 is 3.30 bits per heavy atom. The maximum Gasteiger partial charge on any atom is 0.198 e. The lowest BCUT2D eigenvalue weighted by molar-refractivity contribution is 1.01. The summed E-state index contributed by atoms with van der Waals surface area (Å²) in [5.41, 5.74) is 0. The molecule has 0 aromatic carbocycles. The first-order valence-electron chi connectivity index (χ1n) is 6.25. The van der Waals surface area contributed by atoms with Gasteiger partial charge in [-0.25, -0.2) is 9.97 Å². The molecule has 0 saturated heterocycles. The van der Waals surface area contributed by atoms with Crippen molar-refractivity contribution in [3.05, 3.63) is 16.9 Å². The number of nitrogens with zero attached hydrogens (tertiary/aromatic N) is 3. The fourth-order valence-corrected chi connectivity index (χ4v) is 0.627. The summed E-state index contributed by atoms with van der Waals surface area (Å²) in [4.78, 5) is 7.09. The van der Waals surface area contributed by atoms with E-state index in [1.165, 1.54) is 0 Å². The Kier molecular flexibility index (Phi) is 0.643. The summed E-state index contributed by atoms with van der Waals surface area (Å²) in [7, 11) is 0. The Bertz CT molecular complexity index is 441. The van der Waals surface area contributed by atoms with Gasteiger partial charge in [-0.3, -0.25) is 0 Å². The molecular weight excluding hydrogens is 194 g/mol. The summed E-state index contributed by atoms with van der Waals surface area (Å²) in [6.45, 7) is -6.03. The topological polar surface area (TPSA) is 29.0 Å². The molecule has 1 aromatic heterocycles. The van der Waals surface area contributed by atoms with Crippen LogP contribution in [0.2, 0.25) is 0 Å². The van der Waals surface area contributed by atoms with E-state index in [2.05, 4.69) is 25.9 Å². The monoisotopic (exact) mass is 209 g/mol. The molecule has 0 atom stereocenters. The molecule has 0 aliphatic carbocycles. The highest BCUT2D eigenvalue weighted by molar-refractivity contribution is 9.10. The van der Waals surface area contributed by atoms with Gasteiger partial charge in [-0.1, -0.05) is 0 Å². The van der Waals surface area contributed by atoms with Crippen LogP contribution < -0.4 is 4.90 Å². The third kappa shape index (κ3) is 1.67. The van der Waals surface area contributed by atoms with Gasteiger partial charge in [-0.05, 0) is 22.0 Å². The smallest absolute Gasteiger partial charge is 0.198 e. The predicted octanol–water partition coefficient (Wildman–Crippen LogP) is 1.31. The van der Waals surface area contributed by atoms with Crippen LogP contribution in [0.1, 0.15) is 11.0 Å². The number of halogens is 1.